The predicted octanol–water partition coefficient (Wildman–Crippen LogP) is 11.2. The fraction of sp³-hybridized carbons (Fsp3) is 0.429. The molecule has 2 nitrogen and oxygen atoms in total. The van der Waals surface area contributed by atoms with E-state index in [0.29, 0.717) is 17.8 Å². The number of nitrogens with two attached hydrogens (primary N) is 2. The molecule has 1 aliphatic carbocycles. The third-order valence-electron chi connectivity index (χ3n) is 10.8. The lowest BCUT2D eigenvalue weighted by Crippen LogP contribution is -2.38. The van der Waals surface area contributed by atoms with Gasteiger partial charge in [-0.15, -0.1) is 0 Å². The molecular weight excluding hydrogens is 532 g/mol. The summed E-state index contributed by atoms with van der Waals surface area (Å²) in [5, 5.41) is 0. The molecule has 232 valence electrons. The SMILES string of the molecule is CCCC(c1ccc(C(CC)c2ccc(N)cc2C)cc1)(c1ccc(C(CC)c2ccc(N)cc2C)cc1)C1CCCCC1. The van der Waals surface area contributed by atoms with E-state index in [0.717, 1.165) is 24.2 Å². The summed E-state index contributed by atoms with van der Waals surface area (Å²) in [5.74, 6) is 1.42. The number of nitrogen functional groups attached to an aromatic ring is 2. The zero-order valence-corrected chi connectivity index (χ0v) is 27.8. The van der Waals surface area contributed by atoms with Crippen molar-refractivity contribution in [2.45, 2.75) is 110 Å². The van der Waals surface area contributed by atoms with Crippen LogP contribution in [0.1, 0.15) is 135 Å². The summed E-state index contributed by atoms with van der Waals surface area (Å²) in [6, 6.07) is 32.4. The Morgan fingerprint density at radius 2 is 1.05 bits per heavy atom. The average Bonchev–Trinajstić information content (AvgIpc) is 3.04. The van der Waals surface area contributed by atoms with E-state index in [2.05, 4.69) is 120 Å². The second-order valence-corrected chi connectivity index (χ2v) is 13.5. The summed E-state index contributed by atoms with van der Waals surface area (Å²) in [6.45, 7) is 11.4. The van der Waals surface area contributed by atoms with Crippen LogP contribution in [0.15, 0.2) is 84.9 Å². The van der Waals surface area contributed by atoms with Crippen molar-refractivity contribution in [2.75, 3.05) is 11.5 Å². The molecule has 4 aromatic carbocycles. The van der Waals surface area contributed by atoms with Gasteiger partial charge < -0.3 is 11.5 Å². The quantitative estimate of drug-likeness (QED) is 0.172. The highest BCUT2D eigenvalue weighted by atomic mass is 14.5. The molecule has 4 aromatic rings. The zero-order valence-electron chi connectivity index (χ0n) is 27.8. The lowest BCUT2D eigenvalue weighted by molar-refractivity contribution is 0.224. The number of hydrogen-bond donors (Lipinski definition) is 2. The number of rotatable bonds is 11. The average molecular weight is 587 g/mol. The maximum atomic E-state index is 6.10. The van der Waals surface area contributed by atoms with Gasteiger partial charge >= 0.3 is 0 Å². The Labute approximate surface area is 267 Å². The molecule has 1 aliphatic rings. The Morgan fingerprint density at radius 3 is 1.41 bits per heavy atom. The number of benzene rings is 4. The third kappa shape index (κ3) is 6.32. The van der Waals surface area contributed by atoms with Gasteiger partial charge in [-0.2, -0.15) is 0 Å². The van der Waals surface area contributed by atoms with Crippen molar-refractivity contribution >= 4 is 11.4 Å². The van der Waals surface area contributed by atoms with E-state index >= 15 is 0 Å². The molecule has 4 N–H and O–H groups in total. The summed E-state index contributed by atoms with van der Waals surface area (Å²) in [6.07, 6.45) is 11.2. The molecule has 1 saturated carbocycles. The zero-order chi connectivity index (χ0) is 31.3. The Kier molecular flexibility index (Phi) is 10.2. The fourth-order valence-corrected chi connectivity index (χ4v) is 8.60. The molecule has 0 bridgehead atoms. The third-order valence-corrected chi connectivity index (χ3v) is 10.8. The highest BCUT2D eigenvalue weighted by molar-refractivity contribution is 5.51. The van der Waals surface area contributed by atoms with Crippen LogP contribution in [-0.4, -0.2) is 0 Å². The van der Waals surface area contributed by atoms with Crippen LogP contribution in [0.5, 0.6) is 0 Å². The largest absolute Gasteiger partial charge is 0.399 e. The molecule has 0 heterocycles. The van der Waals surface area contributed by atoms with Gasteiger partial charge in [-0.25, -0.2) is 0 Å². The van der Waals surface area contributed by atoms with Gasteiger partial charge in [0.15, 0.2) is 0 Å². The van der Waals surface area contributed by atoms with Gasteiger partial charge in [-0.1, -0.05) is 107 Å². The van der Waals surface area contributed by atoms with Gasteiger partial charge in [-0.05, 0) is 121 Å². The van der Waals surface area contributed by atoms with Gasteiger partial charge in [0.25, 0.3) is 0 Å². The van der Waals surface area contributed by atoms with Gasteiger partial charge in [-0.3, -0.25) is 0 Å². The van der Waals surface area contributed by atoms with Crippen molar-refractivity contribution in [1.29, 1.82) is 0 Å². The minimum absolute atomic E-state index is 0.0316. The Morgan fingerprint density at radius 1 is 0.614 bits per heavy atom. The van der Waals surface area contributed by atoms with E-state index < -0.39 is 0 Å². The molecule has 5 rings (SSSR count). The summed E-state index contributed by atoms with van der Waals surface area (Å²) >= 11 is 0. The van der Waals surface area contributed by atoms with Crippen LogP contribution in [0.4, 0.5) is 11.4 Å². The molecule has 0 spiro atoms. The first-order chi connectivity index (χ1) is 21.3. The normalized spacial score (nSPS) is 16.8. The smallest absolute Gasteiger partial charge is 0.0316 e. The topological polar surface area (TPSA) is 52.0 Å². The van der Waals surface area contributed by atoms with E-state index in [1.807, 2.05) is 0 Å². The summed E-state index contributed by atoms with van der Waals surface area (Å²) in [4.78, 5) is 0. The van der Waals surface area contributed by atoms with E-state index in [1.165, 1.54) is 89.5 Å². The van der Waals surface area contributed by atoms with Crippen molar-refractivity contribution in [3.05, 3.63) is 129 Å². The monoisotopic (exact) mass is 586 g/mol. The molecule has 44 heavy (non-hydrogen) atoms. The van der Waals surface area contributed by atoms with Gasteiger partial charge in [0.2, 0.25) is 0 Å². The second kappa shape index (κ2) is 14.1. The van der Waals surface area contributed by atoms with Crippen LogP contribution < -0.4 is 11.5 Å². The highest BCUT2D eigenvalue weighted by Crippen LogP contribution is 2.50. The first-order valence-electron chi connectivity index (χ1n) is 17.2. The lowest BCUT2D eigenvalue weighted by Gasteiger charge is -2.44. The Hall–Kier alpha value is -3.52. The predicted molar refractivity (Wildman–Crippen MR) is 191 cm³/mol. The van der Waals surface area contributed by atoms with Crippen molar-refractivity contribution in [1.82, 2.24) is 0 Å². The lowest BCUT2D eigenvalue weighted by atomic mass is 9.59. The van der Waals surface area contributed by atoms with E-state index in [1.54, 1.807) is 0 Å². The van der Waals surface area contributed by atoms with Crippen LogP contribution in [0.3, 0.4) is 0 Å². The van der Waals surface area contributed by atoms with Crippen LogP contribution >= 0.6 is 0 Å². The van der Waals surface area contributed by atoms with Crippen LogP contribution in [-0.2, 0) is 5.41 Å². The first-order valence-corrected chi connectivity index (χ1v) is 17.2. The second-order valence-electron chi connectivity index (χ2n) is 13.5. The maximum absolute atomic E-state index is 6.10. The minimum atomic E-state index is 0.0316. The number of aryl methyl sites for hydroxylation is 2. The molecule has 0 saturated heterocycles. The molecule has 0 radical (unpaired) electrons. The van der Waals surface area contributed by atoms with E-state index in [-0.39, 0.29) is 5.41 Å². The fourth-order valence-electron chi connectivity index (χ4n) is 8.60. The molecule has 2 atom stereocenters. The molecule has 1 fully saturated rings. The molecule has 0 aliphatic heterocycles. The van der Waals surface area contributed by atoms with Crippen LogP contribution in [0.2, 0.25) is 0 Å². The van der Waals surface area contributed by atoms with E-state index in [9.17, 15) is 0 Å². The van der Waals surface area contributed by atoms with Crippen molar-refractivity contribution < 1.29 is 0 Å². The summed E-state index contributed by atoms with van der Waals surface area (Å²) in [7, 11) is 0. The van der Waals surface area contributed by atoms with E-state index in [4.69, 9.17) is 11.5 Å². The van der Waals surface area contributed by atoms with Crippen molar-refractivity contribution in [2.24, 2.45) is 5.92 Å². The summed E-state index contributed by atoms with van der Waals surface area (Å²) in [5.41, 5.74) is 25.0. The highest BCUT2D eigenvalue weighted by Gasteiger charge is 2.41. The Balaban J connectivity index is 1.56. The maximum Gasteiger partial charge on any atom is 0.0316 e. The van der Waals surface area contributed by atoms with Gasteiger partial charge in [0, 0.05) is 28.6 Å². The van der Waals surface area contributed by atoms with Crippen LogP contribution in [0.25, 0.3) is 0 Å². The Bertz CT molecular complexity index is 1410. The minimum Gasteiger partial charge on any atom is -0.399 e. The molecule has 0 aromatic heterocycles. The molecule has 2 unspecified atom stereocenters. The number of hydrogen-bond acceptors (Lipinski definition) is 2. The molecule has 2 heteroatoms. The number of anilines is 2. The summed E-state index contributed by atoms with van der Waals surface area (Å²) < 4.78 is 0. The standard InChI is InChI=1S/C42H54N2/c1-6-26-42(33-12-10-9-11-13-33,34-18-14-31(15-19-34)38(7-2)40-24-22-36(43)27-29(40)4)35-20-16-32(17-21-35)39(8-3)41-25-23-37(44)28-30(41)5/h14-25,27-28,33,38-39H,6-13,26,43-44H2,1-5H3. The molecule has 0 amide bonds. The van der Waals surface area contributed by atoms with Crippen molar-refractivity contribution in [3.63, 3.8) is 0 Å². The van der Waals surface area contributed by atoms with Gasteiger partial charge in [0.1, 0.15) is 0 Å². The molecular formula is C42H54N2. The first kappa shape index (κ1) is 31.9. The van der Waals surface area contributed by atoms with Gasteiger partial charge in [0.05, 0.1) is 0 Å². The van der Waals surface area contributed by atoms with Crippen molar-refractivity contribution in [3.8, 4) is 0 Å². The van der Waals surface area contributed by atoms with Crippen LogP contribution in [0, 0.1) is 19.8 Å².